The van der Waals surface area contributed by atoms with Crippen molar-refractivity contribution in [2.24, 2.45) is 10.2 Å². The van der Waals surface area contributed by atoms with Gasteiger partial charge in [-0.1, -0.05) is 19.3 Å². The lowest BCUT2D eigenvalue weighted by molar-refractivity contribution is -0.121. The number of benzene rings is 2. The fourth-order valence-corrected chi connectivity index (χ4v) is 3.44. The Kier molecular flexibility index (Phi) is 13.1. The molecule has 10 heteroatoms. The first-order chi connectivity index (χ1) is 18.0. The lowest BCUT2D eigenvalue weighted by atomic mass is 10.1. The zero-order chi connectivity index (χ0) is 26.9. The molecule has 2 amide bonds. The molecular formula is C27H36N4O6. The Balaban J connectivity index is 1.55. The van der Waals surface area contributed by atoms with Crippen LogP contribution in [0.3, 0.4) is 0 Å². The molecular weight excluding hydrogens is 476 g/mol. The van der Waals surface area contributed by atoms with Crippen LogP contribution in [0, 0.1) is 0 Å². The normalized spacial score (nSPS) is 10.9. The zero-order valence-corrected chi connectivity index (χ0v) is 21.9. The number of carbonyl (C=O) groups excluding carboxylic acids is 2. The molecule has 0 fully saturated rings. The Labute approximate surface area is 218 Å². The molecule has 0 aromatic heterocycles. The number of unbranched alkanes of at least 4 members (excludes halogenated alkanes) is 4. The molecule has 2 aromatic rings. The summed E-state index contributed by atoms with van der Waals surface area (Å²) < 4.78 is 20.9. The van der Waals surface area contributed by atoms with Crippen LogP contribution in [-0.2, 0) is 9.59 Å². The van der Waals surface area contributed by atoms with Gasteiger partial charge < -0.3 is 18.9 Å². The number of ether oxygens (including phenoxy) is 4. The van der Waals surface area contributed by atoms with Gasteiger partial charge >= 0.3 is 0 Å². The number of hydrogen-bond donors (Lipinski definition) is 2. The number of nitrogens with one attached hydrogen (secondary N) is 2. The van der Waals surface area contributed by atoms with Crippen LogP contribution in [0.15, 0.2) is 46.6 Å². The fourth-order valence-electron chi connectivity index (χ4n) is 3.44. The predicted molar refractivity (Wildman–Crippen MR) is 143 cm³/mol. The molecule has 10 nitrogen and oxygen atoms in total. The molecule has 0 spiro atoms. The van der Waals surface area contributed by atoms with Gasteiger partial charge in [0.05, 0.1) is 40.9 Å². The van der Waals surface area contributed by atoms with Gasteiger partial charge in [-0.25, -0.2) is 10.9 Å². The van der Waals surface area contributed by atoms with E-state index in [0.717, 1.165) is 43.2 Å². The van der Waals surface area contributed by atoms with Crippen LogP contribution in [0.4, 0.5) is 0 Å². The topological polar surface area (TPSA) is 120 Å². The summed E-state index contributed by atoms with van der Waals surface area (Å²) in [5, 5.41) is 7.98. The maximum Gasteiger partial charge on any atom is 0.240 e. The lowest BCUT2D eigenvalue weighted by Crippen LogP contribution is -2.17. The number of nitrogens with zero attached hydrogens (tertiary/aromatic N) is 2. The van der Waals surface area contributed by atoms with Crippen molar-refractivity contribution >= 4 is 24.2 Å². The van der Waals surface area contributed by atoms with Gasteiger partial charge in [-0.2, -0.15) is 10.2 Å². The van der Waals surface area contributed by atoms with Crippen molar-refractivity contribution < 1.29 is 28.5 Å². The summed E-state index contributed by atoms with van der Waals surface area (Å²) in [4.78, 5) is 23.9. The van der Waals surface area contributed by atoms with E-state index in [1.54, 1.807) is 65.1 Å². The molecule has 0 aliphatic rings. The number of carbonyl (C=O) groups is 2. The first-order valence-corrected chi connectivity index (χ1v) is 12.1. The standard InChI is InChI=1S/C27H36N4O6/c1-34-22-14-12-20(16-24(22)36-3)18-28-30-26(32)10-8-6-5-7-9-11-27(33)31-29-19-21-13-15-23(35-2)25(17-21)37-4/h12-19H,5-11H2,1-4H3,(H,30,32)(H,31,33)/b28-18+,29-19+. The van der Waals surface area contributed by atoms with Crippen LogP contribution in [0.1, 0.15) is 56.1 Å². The van der Waals surface area contributed by atoms with Crippen molar-refractivity contribution in [2.45, 2.75) is 44.9 Å². The Morgan fingerprint density at radius 3 is 1.38 bits per heavy atom. The maximum atomic E-state index is 12.0. The highest BCUT2D eigenvalue weighted by molar-refractivity contribution is 5.84. The van der Waals surface area contributed by atoms with Crippen LogP contribution in [0.2, 0.25) is 0 Å². The molecule has 200 valence electrons. The molecule has 2 rings (SSSR count). The number of hydrazone groups is 2. The molecule has 0 aliphatic carbocycles. The second-order valence-corrected chi connectivity index (χ2v) is 8.08. The van der Waals surface area contributed by atoms with E-state index in [1.165, 1.54) is 0 Å². The van der Waals surface area contributed by atoms with Gasteiger partial charge in [0.2, 0.25) is 11.8 Å². The summed E-state index contributed by atoms with van der Waals surface area (Å²) in [6.07, 6.45) is 8.20. The maximum absolute atomic E-state index is 12.0. The second-order valence-electron chi connectivity index (χ2n) is 8.08. The van der Waals surface area contributed by atoms with E-state index in [0.29, 0.717) is 35.8 Å². The predicted octanol–water partition coefficient (Wildman–Crippen LogP) is 4.05. The van der Waals surface area contributed by atoms with E-state index in [-0.39, 0.29) is 11.8 Å². The molecule has 0 bridgehead atoms. The molecule has 2 N–H and O–H groups in total. The fraction of sp³-hybridized carbons (Fsp3) is 0.407. The Morgan fingerprint density at radius 1 is 0.622 bits per heavy atom. The first-order valence-electron chi connectivity index (χ1n) is 12.1. The van der Waals surface area contributed by atoms with Gasteiger partial charge in [-0.15, -0.1) is 0 Å². The quantitative estimate of drug-likeness (QED) is 0.199. The zero-order valence-electron chi connectivity index (χ0n) is 21.9. The molecule has 0 atom stereocenters. The third kappa shape index (κ3) is 10.6. The molecule has 0 radical (unpaired) electrons. The highest BCUT2D eigenvalue weighted by atomic mass is 16.5. The van der Waals surface area contributed by atoms with Gasteiger partial charge in [0.25, 0.3) is 0 Å². The largest absolute Gasteiger partial charge is 0.493 e. The molecule has 0 saturated heterocycles. The first kappa shape index (κ1) is 29.2. The van der Waals surface area contributed by atoms with E-state index in [2.05, 4.69) is 21.1 Å². The second kappa shape index (κ2) is 16.6. The minimum atomic E-state index is -0.136. The van der Waals surface area contributed by atoms with E-state index < -0.39 is 0 Å². The summed E-state index contributed by atoms with van der Waals surface area (Å²) in [6, 6.07) is 10.8. The van der Waals surface area contributed by atoms with E-state index in [9.17, 15) is 9.59 Å². The Morgan fingerprint density at radius 2 is 1.00 bits per heavy atom. The van der Waals surface area contributed by atoms with E-state index in [4.69, 9.17) is 18.9 Å². The lowest BCUT2D eigenvalue weighted by Gasteiger charge is -2.07. The van der Waals surface area contributed by atoms with Crippen molar-refractivity contribution in [3.63, 3.8) is 0 Å². The third-order valence-corrected chi connectivity index (χ3v) is 5.43. The SMILES string of the molecule is COc1ccc(/C=N/NC(=O)CCCCCCCC(=O)N/N=C/c2ccc(OC)c(OC)c2)cc1OC. The Bertz CT molecular complexity index is 987. The molecule has 0 saturated carbocycles. The van der Waals surface area contributed by atoms with Crippen LogP contribution in [0.5, 0.6) is 23.0 Å². The average Bonchev–Trinajstić information content (AvgIpc) is 2.92. The third-order valence-electron chi connectivity index (χ3n) is 5.43. The summed E-state index contributed by atoms with van der Waals surface area (Å²) in [6.45, 7) is 0. The van der Waals surface area contributed by atoms with Crippen molar-refractivity contribution in [1.82, 2.24) is 10.9 Å². The molecule has 37 heavy (non-hydrogen) atoms. The number of amides is 2. The van der Waals surface area contributed by atoms with Gasteiger partial charge in [0.15, 0.2) is 23.0 Å². The van der Waals surface area contributed by atoms with Gasteiger partial charge in [0, 0.05) is 12.8 Å². The van der Waals surface area contributed by atoms with E-state index >= 15 is 0 Å². The van der Waals surface area contributed by atoms with Crippen molar-refractivity contribution in [1.29, 1.82) is 0 Å². The number of rotatable bonds is 16. The summed E-state index contributed by atoms with van der Waals surface area (Å²) in [7, 11) is 6.27. The van der Waals surface area contributed by atoms with Crippen LogP contribution in [-0.4, -0.2) is 52.7 Å². The smallest absolute Gasteiger partial charge is 0.240 e. The minimum absolute atomic E-state index is 0.136. The molecule has 0 heterocycles. The van der Waals surface area contributed by atoms with Crippen LogP contribution >= 0.6 is 0 Å². The van der Waals surface area contributed by atoms with Crippen molar-refractivity contribution in [3.05, 3.63) is 47.5 Å². The average molecular weight is 513 g/mol. The summed E-state index contributed by atoms with van der Waals surface area (Å²) >= 11 is 0. The van der Waals surface area contributed by atoms with Gasteiger partial charge in [-0.05, 0) is 60.4 Å². The van der Waals surface area contributed by atoms with Crippen molar-refractivity contribution in [2.75, 3.05) is 28.4 Å². The number of hydrogen-bond acceptors (Lipinski definition) is 8. The summed E-state index contributed by atoms with van der Waals surface area (Å²) in [5.74, 6) is 2.18. The van der Waals surface area contributed by atoms with Crippen LogP contribution < -0.4 is 29.8 Å². The highest BCUT2D eigenvalue weighted by Crippen LogP contribution is 2.27. The molecule has 0 aliphatic heterocycles. The van der Waals surface area contributed by atoms with Gasteiger partial charge in [-0.3, -0.25) is 9.59 Å². The van der Waals surface area contributed by atoms with Crippen LogP contribution in [0.25, 0.3) is 0 Å². The van der Waals surface area contributed by atoms with E-state index in [1.807, 2.05) is 12.1 Å². The monoisotopic (exact) mass is 512 g/mol. The van der Waals surface area contributed by atoms with Crippen molar-refractivity contribution in [3.8, 4) is 23.0 Å². The van der Waals surface area contributed by atoms with Gasteiger partial charge in [0.1, 0.15) is 0 Å². The minimum Gasteiger partial charge on any atom is -0.493 e. The Hall–Kier alpha value is -4.08. The molecule has 2 aromatic carbocycles. The number of methoxy groups -OCH3 is 4. The summed E-state index contributed by atoms with van der Waals surface area (Å²) in [5.41, 5.74) is 6.64. The highest BCUT2D eigenvalue weighted by Gasteiger charge is 2.05. The molecule has 0 unspecified atom stereocenters.